The Balaban J connectivity index is 2.26. The van der Waals surface area contributed by atoms with Gasteiger partial charge in [-0.1, -0.05) is 6.07 Å². The molecule has 4 heteroatoms. The molecule has 2 heterocycles. The van der Waals surface area contributed by atoms with Gasteiger partial charge in [0, 0.05) is 6.20 Å². The summed E-state index contributed by atoms with van der Waals surface area (Å²) < 4.78 is 5.43. The van der Waals surface area contributed by atoms with Crippen molar-refractivity contribution in [3.63, 3.8) is 0 Å². The Kier molecular flexibility index (Phi) is 1.47. The summed E-state index contributed by atoms with van der Waals surface area (Å²) >= 11 is 0. The maximum atomic E-state index is 5.43. The molecule has 3 rings (SSSR count). The van der Waals surface area contributed by atoms with Gasteiger partial charge in [0.25, 0.3) is 0 Å². The first-order chi connectivity index (χ1) is 6.95. The monoisotopic (exact) mass is 187 g/mol. The van der Waals surface area contributed by atoms with Crippen molar-refractivity contribution < 1.29 is 4.74 Å². The molecule has 2 aliphatic rings. The normalized spacial score (nSPS) is 16.7. The van der Waals surface area contributed by atoms with Gasteiger partial charge in [0.2, 0.25) is 0 Å². The molecule has 0 bridgehead atoms. The van der Waals surface area contributed by atoms with Crippen molar-refractivity contribution in [3.05, 3.63) is 36.2 Å². The Morgan fingerprint density at radius 3 is 3.36 bits per heavy atom. The number of hydrogen-bond donors (Lipinski definition) is 2. The number of aliphatic imine (C=N–C) groups is 1. The minimum atomic E-state index is 0.604. The predicted molar refractivity (Wildman–Crippen MR) is 54.4 cm³/mol. The van der Waals surface area contributed by atoms with Crippen LogP contribution >= 0.6 is 0 Å². The first-order valence-electron chi connectivity index (χ1n) is 4.45. The first kappa shape index (κ1) is 7.44. The highest BCUT2D eigenvalue weighted by Crippen LogP contribution is 2.29. The Morgan fingerprint density at radius 2 is 2.36 bits per heavy atom. The van der Waals surface area contributed by atoms with Crippen LogP contribution in [-0.2, 0) is 0 Å². The Morgan fingerprint density at radius 1 is 1.36 bits per heavy atom. The number of benzene rings is 1. The fourth-order valence-electron chi connectivity index (χ4n) is 1.64. The van der Waals surface area contributed by atoms with Crippen LogP contribution in [0.2, 0.25) is 0 Å². The van der Waals surface area contributed by atoms with Crippen LogP contribution in [0.25, 0.3) is 0 Å². The molecular weight excluding hydrogens is 178 g/mol. The van der Waals surface area contributed by atoms with Gasteiger partial charge in [-0.3, -0.25) is 0 Å². The topological polar surface area (TPSA) is 45.6 Å². The van der Waals surface area contributed by atoms with Crippen LogP contribution in [0.5, 0.6) is 5.75 Å². The van der Waals surface area contributed by atoms with Crippen LogP contribution in [-0.4, -0.2) is 12.5 Å². The van der Waals surface area contributed by atoms with Crippen LogP contribution in [0.1, 0.15) is 5.56 Å². The molecule has 0 aromatic heterocycles. The van der Waals surface area contributed by atoms with E-state index in [0.29, 0.717) is 6.67 Å². The largest absolute Gasteiger partial charge is 0.463 e. The summed E-state index contributed by atoms with van der Waals surface area (Å²) in [7, 11) is 0. The second kappa shape index (κ2) is 2.77. The molecule has 1 aromatic rings. The van der Waals surface area contributed by atoms with Gasteiger partial charge < -0.3 is 15.4 Å². The van der Waals surface area contributed by atoms with Crippen molar-refractivity contribution >= 4 is 11.5 Å². The molecule has 70 valence electrons. The minimum absolute atomic E-state index is 0.604. The zero-order valence-electron chi connectivity index (χ0n) is 7.45. The minimum Gasteiger partial charge on any atom is -0.463 e. The lowest BCUT2D eigenvalue weighted by atomic mass is 10.1. The Labute approximate surface area is 81.3 Å². The molecule has 2 aliphatic heterocycles. The molecular formula is C10H9N3O. The van der Waals surface area contributed by atoms with Crippen molar-refractivity contribution in [2.24, 2.45) is 4.99 Å². The molecule has 1 aromatic carbocycles. The lowest BCUT2D eigenvalue weighted by Gasteiger charge is -2.18. The third-order valence-electron chi connectivity index (χ3n) is 2.25. The molecule has 2 N–H and O–H groups in total. The number of rotatable bonds is 0. The number of anilines is 1. The molecule has 0 saturated carbocycles. The van der Waals surface area contributed by atoms with Gasteiger partial charge in [-0.15, -0.1) is 0 Å². The first-order valence-corrected chi connectivity index (χ1v) is 4.45. The van der Waals surface area contributed by atoms with E-state index in [9.17, 15) is 0 Å². The van der Waals surface area contributed by atoms with Gasteiger partial charge in [0.05, 0.1) is 11.3 Å². The molecule has 14 heavy (non-hydrogen) atoms. The SMILES string of the molecule is C1=COc2cccc3c2C(=NCN3)N1. The highest BCUT2D eigenvalue weighted by atomic mass is 16.5. The zero-order valence-corrected chi connectivity index (χ0v) is 7.45. The van der Waals surface area contributed by atoms with E-state index in [0.717, 1.165) is 22.8 Å². The fourth-order valence-corrected chi connectivity index (χ4v) is 1.64. The van der Waals surface area contributed by atoms with E-state index in [1.165, 1.54) is 0 Å². The Bertz CT molecular complexity index is 437. The third kappa shape index (κ3) is 0.970. The summed E-state index contributed by atoms with van der Waals surface area (Å²) in [6.45, 7) is 0.604. The summed E-state index contributed by atoms with van der Waals surface area (Å²) in [4.78, 5) is 4.32. The average Bonchev–Trinajstić information content (AvgIpc) is 2.44. The molecule has 4 nitrogen and oxygen atoms in total. The van der Waals surface area contributed by atoms with E-state index in [2.05, 4.69) is 15.6 Å². The van der Waals surface area contributed by atoms with E-state index in [1.807, 2.05) is 18.2 Å². The van der Waals surface area contributed by atoms with Crippen molar-refractivity contribution in [3.8, 4) is 5.75 Å². The van der Waals surface area contributed by atoms with Crippen LogP contribution in [0.4, 0.5) is 5.69 Å². The van der Waals surface area contributed by atoms with Crippen LogP contribution in [0, 0.1) is 0 Å². The number of nitrogens with zero attached hydrogens (tertiary/aromatic N) is 1. The quantitative estimate of drug-likeness (QED) is 0.643. The van der Waals surface area contributed by atoms with Gasteiger partial charge in [-0.25, -0.2) is 4.99 Å². The van der Waals surface area contributed by atoms with E-state index in [1.54, 1.807) is 12.5 Å². The van der Waals surface area contributed by atoms with Gasteiger partial charge >= 0.3 is 0 Å². The highest BCUT2D eigenvalue weighted by Gasteiger charge is 2.19. The van der Waals surface area contributed by atoms with Crippen molar-refractivity contribution in [2.45, 2.75) is 0 Å². The summed E-state index contributed by atoms with van der Waals surface area (Å²) in [6, 6.07) is 5.91. The molecule has 0 spiro atoms. The van der Waals surface area contributed by atoms with Crippen molar-refractivity contribution in [1.29, 1.82) is 0 Å². The molecule has 0 aliphatic carbocycles. The van der Waals surface area contributed by atoms with E-state index < -0.39 is 0 Å². The maximum Gasteiger partial charge on any atom is 0.140 e. The number of hydrogen-bond acceptors (Lipinski definition) is 4. The second-order valence-corrected chi connectivity index (χ2v) is 3.09. The number of ether oxygens (including phenoxy) is 1. The maximum absolute atomic E-state index is 5.43. The molecule has 0 radical (unpaired) electrons. The predicted octanol–water partition coefficient (Wildman–Crippen LogP) is 1.27. The third-order valence-corrected chi connectivity index (χ3v) is 2.25. The average molecular weight is 187 g/mol. The number of amidine groups is 1. The molecule has 0 amide bonds. The van der Waals surface area contributed by atoms with Gasteiger partial charge in [-0.05, 0) is 12.1 Å². The zero-order chi connectivity index (χ0) is 9.38. The van der Waals surface area contributed by atoms with Crippen LogP contribution in [0.15, 0.2) is 35.7 Å². The van der Waals surface area contributed by atoms with E-state index in [-0.39, 0.29) is 0 Å². The standard InChI is InChI=1S/C10H9N3O/c1-2-7-9-8(3-1)14-5-4-11-10(9)13-6-12-7/h1-5,12H,6H2,(H,11,13). The Hall–Kier alpha value is -1.97. The molecule has 0 unspecified atom stereocenters. The summed E-state index contributed by atoms with van der Waals surface area (Å²) in [5.41, 5.74) is 2.06. The van der Waals surface area contributed by atoms with Crippen LogP contribution in [0.3, 0.4) is 0 Å². The van der Waals surface area contributed by atoms with E-state index >= 15 is 0 Å². The van der Waals surface area contributed by atoms with E-state index in [4.69, 9.17) is 4.74 Å². The second-order valence-electron chi connectivity index (χ2n) is 3.09. The lowest BCUT2D eigenvalue weighted by Crippen LogP contribution is -2.24. The summed E-state index contributed by atoms with van der Waals surface area (Å²) in [5.74, 6) is 1.69. The highest BCUT2D eigenvalue weighted by molar-refractivity contribution is 6.07. The van der Waals surface area contributed by atoms with Crippen molar-refractivity contribution in [1.82, 2.24) is 5.32 Å². The molecule has 0 atom stereocenters. The van der Waals surface area contributed by atoms with Gasteiger partial charge in [0.15, 0.2) is 0 Å². The molecule has 0 saturated heterocycles. The van der Waals surface area contributed by atoms with Crippen molar-refractivity contribution in [2.75, 3.05) is 12.0 Å². The fraction of sp³-hybridized carbons (Fsp3) is 0.100. The lowest BCUT2D eigenvalue weighted by molar-refractivity contribution is 0.480. The van der Waals surface area contributed by atoms with Crippen LogP contribution < -0.4 is 15.4 Å². The summed E-state index contributed by atoms with van der Waals surface area (Å²) in [6.07, 6.45) is 3.37. The molecule has 0 fully saturated rings. The number of nitrogens with one attached hydrogen (secondary N) is 2. The van der Waals surface area contributed by atoms with Gasteiger partial charge in [0.1, 0.15) is 24.5 Å². The van der Waals surface area contributed by atoms with Gasteiger partial charge in [-0.2, -0.15) is 0 Å². The summed E-state index contributed by atoms with van der Waals surface area (Å²) in [5, 5.41) is 6.28. The smallest absolute Gasteiger partial charge is 0.140 e.